The van der Waals surface area contributed by atoms with Crippen LogP contribution in [0, 0.1) is 0 Å². The fourth-order valence-corrected chi connectivity index (χ4v) is 0.739. The lowest BCUT2D eigenvalue weighted by Gasteiger charge is -2.04. The molecule has 0 amide bonds. The van der Waals surface area contributed by atoms with Gasteiger partial charge in [-0.15, -0.1) is 0 Å². The summed E-state index contributed by atoms with van der Waals surface area (Å²) in [6, 6.07) is -0.835. The Balaban J connectivity index is 3.65. The summed E-state index contributed by atoms with van der Waals surface area (Å²) in [5.41, 5.74) is 5.27. The molecule has 0 saturated carbocycles. The number of hydrogen-bond acceptors (Lipinski definition) is 4. The third kappa shape index (κ3) is 6.10. The Kier molecular flexibility index (Phi) is 5.88. The second-order valence-electron chi connectivity index (χ2n) is 2.57. The number of carboxylic acids is 1. The summed E-state index contributed by atoms with van der Waals surface area (Å²) in [5.74, 6) is -0.427. The third-order valence-corrected chi connectivity index (χ3v) is 1.44. The quantitative estimate of drug-likeness (QED) is 0.478. The van der Waals surface area contributed by atoms with Crippen molar-refractivity contribution in [2.75, 3.05) is 13.2 Å². The molecule has 1 atom stereocenters. The van der Waals surface area contributed by atoms with Crippen LogP contribution < -0.4 is 5.73 Å². The van der Waals surface area contributed by atoms with Crippen LogP contribution in [-0.2, 0) is 9.53 Å². The molecule has 0 heterocycles. The van der Waals surface area contributed by atoms with Crippen molar-refractivity contribution < 1.29 is 14.6 Å². The molecule has 0 aromatic heterocycles. The normalized spacial score (nSPS) is 13.9. The first-order valence-electron chi connectivity index (χ1n) is 4.20. The molecule has 76 valence electrons. The van der Waals surface area contributed by atoms with Crippen molar-refractivity contribution in [1.29, 1.82) is 0 Å². The highest BCUT2D eigenvalue weighted by atomic mass is 16.5. The Labute approximate surface area is 77.6 Å². The van der Waals surface area contributed by atoms with E-state index in [1.807, 2.05) is 6.92 Å². The standard InChI is InChI=1S/C8H16N2O3/c1-3-13-6(2)10-5-4-7(9)8(11)12/h7H,3-5,9H2,1-2H3,(H,11,12). The molecule has 0 aliphatic heterocycles. The average Bonchev–Trinajstić information content (AvgIpc) is 2.04. The van der Waals surface area contributed by atoms with Gasteiger partial charge in [-0.3, -0.25) is 9.79 Å². The number of aliphatic imine (C=N–C) groups is 1. The van der Waals surface area contributed by atoms with Crippen LogP contribution >= 0.6 is 0 Å². The van der Waals surface area contributed by atoms with E-state index in [0.29, 0.717) is 25.5 Å². The van der Waals surface area contributed by atoms with E-state index in [4.69, 9.17) is 15.6 Å². The lowest BCUT2D eigenvalue weighted by Crippen LogP contribution is -2.30. The van der Waals surface area contributed by atoms with Crippen LogP contribution in [0.4, 0.5) is 0 Å². The van der Waals surface area contributed by atoms with E-state index < -0.39 is 12.0 Å². The maximum absolute atomic E-state index is 10.3. The van der Waals surface area contributed by atoms with Gasteiger partial charge in [-0.05, 0) is 13.3 Å². The minimum Gasteiger partial charge on any atom is -0.481 e. The Bertz CT molecular complexity index is 192. The van der Waals surface area contributed by atoms with Gasteiger partial charge in [0.25, 0.3) is 0 Å². The van der Waals surface area contributed by atoms with Gasteiger partial charge in [-0.25, -0.2) is 0 Å². The zero-order chi connectivity index (χ0) is 10.3. The topological polar surface area (TPSA) is 84.9 Å². The van der Waals surface area contributed by atoms with E-state index >= 15 is 0 Å². The van der Waals surface area contributed by atoms with E-state index in [1.165, 1.54) is 0 Å². The van der Waals surface area contributed by atoms with Crippen LogP contribution in [0.3, 0.4) is 0 Å². The minimum absolute atomic E-state index is 0.333. The van der Waals surface area contributed by atoms with Gasteiger partial charge >= 0.3 is 5.97 Å². The van der Waals surface area contributed by atoms with Gasteiger partial charge in [0, 0.05) is 13.5 Å². The zero-order valence-corrected chi connectivity index (χ0v) is 7.99. The van der Waals surface area contributed by atoms with Gasteiger partial charge in [-0.2, -0.15) is 0 Å². The van der Waals surface area contributed by atoms with Gasteiger partial charge in [0.15, 0.2) is 5.90 Å². The van der Waals surface area contributed by atoms with Crippen molar-refractivity contribution in [3.05, 3.63) is 0 Å². The molecule has 0 saturated heterocycles. The molecule has 3 N–H and O–H groups in total. The van der Waals surface area contributed by atoms with Crippen LogP contribution in [0.5, 0.6) is 0 Å². The summed E-state index contributed by atoms with van der Waals surface area (Å²) in [6.07, 6.45) is 0.333. The second kappa shape index (κ2) is 6.42. The van der Waals surface area contributed by atoms with Crippen LogP contribution in [-0.4, -0.2) is 36.2 Å². The highest BCUT2D eigenvalue weighted by Crippen LogP contribution is 1.90. The highest BCUT2D eigenvalue weighted by Gasteiger charge is 2.09. The molecular formula is C8H16N2O3. The lowest BCUT2D eigenvalue weighted by atomic mass is 10.2. The van der Waals surface area contributed by atoms with Crippen LogP contribution in [0.2, 0.25) is 0 Å². The van der Waals surface area contributed by atoms with Crippen molar-refractivity contribution >= 4 is 11.9 Å². The van der Waals surface area contributed by atoms with Crippen molar-refractivity contribution in [3.8, 4) is 0 Å². The molecular weight excluding hydrogens is 172 g/mol. The average molecular weight is 188 g/mol. The molecule has 0 bridgehead atoms. The molecule has 0 fully saturated rings. The molecule has 0 aliphatic rings. The largest absolute Gasteiger partial charge is 0.481 e. The van der Waals surface area contributed by atoms with Crippen LogP contribution in [0.25, 0.3) is 0 Å². The molecule has 5 nitrogen and oxygen atoms in total. The van der Waals surface area contributed by atoms with Crippen molar-refractivity contribution in [2.45, 2.75) is 26.3 Å². The fourth-order valence-electron chi connectivity index (χ4n) is 0.739. The number of aliphatic carboxylic acids is 1. The number of rotatable bonds is 5. The molecule has 0 spiro atoms. The maximum atomic E-state index is 10.3. The molecule has 5 heteroatoms. The van der Waals surface area contributed by atoms with Gasteiger partial charge in [0.1, 0.15) is 6.04 Å². The summed E-state index contributed by atoms with van der Waals surface area (Å²) < 4.78 is 5.05. The van der Waals surface area contributed by atoms with Gasteiger partial charge in [0.05, 0.1) is 6.61 Å². The summed E-state index contributed by atoms with van der Waals surface area (Å²) in [4.78, 5) is 14.3. The number of carboxylic acid groups (broad SMARTS) is 1. The van der Waals surface area contributed by atoms with Crippen LogP contribution in [0.15, 0.2) is 4.99 Å². The first-order valence-corrected chi connectivity index (χ1v) is 4.20. The Morgan fingerprint density at radius 1 is 1.69 bits per heavy atom. The van der Waals surface area contributed by atoms with Crippen molar-refractivity contribution in [2.24, 2.45) is 10.7 Å². The molecule has 0 radical (unpaired) electrons. The Hall–Kier alpha value is -1.10. The van der Waals surface area contributed by atoms with Gasteiger partial charge < -0.3 is 15.6 Å². The minimum atomic E-state index is -0.996. The van der Waals surface area contributed by atoms with Crippen molar-refractivity contribution in [1.82, 2.24) is 0 Å². The van der Waals surface area contributed by atoms with E-state index in [1.54, 1.807) is 6.92 Å². The number of carbonyl (C=O) groups is 1. The SMILES string of the molecule is CCOC(C)=NCCC(N)C(=O)O. The maximum Gasteiger partial charge on any atom is 0.320 e. The molecule has 0 aliphatic carbocycles. The highest BCUT2D eigenvalue weighted by molar-refractivity contribution is 5.74. The third-order valence-electron chi connectivity index (χ3n) is 1.44. The first-order chi connectivity index (χ1) is 6.07. The lowest BCUT2D eigenvalue weighted by molar-refractivity contribution is -0.138. The van der Waals surface area contributed by atoms with Crippen molar-refractivity contribution in [3.63, 3.8) is 0 Å². The summed E-state index contributed by atoms with van der Waals surface area (Å²) in [6.45, 7) is 4.55. The van der Waals surface area contributed by atoms with E-state index in [0.717, 1.165) is 0 Å². The first kappa shape index (κ1) is 11.9. The van der Waals surface area contributed by atoms with E-state index in [2.05, 4.69) is 4.99 Å². The molecule has 1 unspecified atom stereocenters. The summed E-state index contributed by atoms with van der Waals surface area (Å²) >= 11 is 0. The predicted molar refractivity (Wildman–Crippen MR) is 49.8 cm³/mol. The number of hydrogen-bond donors (Lipinski definition) is 2. The smallest absolute Gasteiger partial charge is 0.320 e. The van der Waals surface area contributed by atoms with E-state index in [-0.39, 0.29) is 0 Å². The molecule has 0 aromatic carbocycles. The van der Waals surface area contributed by atoms with Gasteiger partial charge in [-0.1, -0.05) is 0 Å². The summed E-state index contributed by atoms with van der Waals surface area (Å²) in [7, 11) is 0. The molecule has 13 heavy (non-hydrogen) atoms. The second-order valence-corrected chi connectivity index (χ2v) is 2.57. The monoisotopic (exact) mass is 188 g/mol. The molecule has 0 aromatic rings. The Morgan fingerprint density at radius 2 is 2.31 bits per heavy atom. The fraction of sp³-hybridized carbons (Fsp3) is 0.750. The van der Waals surface area contributed by atoms with Crippen LogP contribution in [0.1, 0.15) is 20.3 Å². The number of nitrogens with zero attached hydrogens (tertiary/aromatic N) is 1. The molecule has 0 rings (SSSR count). The predicted octanol–water partition coefficient (Wildman–Crippen LogP) is 0.243. The number of nitrogens with two attached hydrogens (primary N) is 1. The van der Waals surface area contributed by atoms with Gasteiger partial charge in [0.2, 0.25) is 0 Å². The number of ether oxygens (including phenoxy) is 1. The van der Waals surface area contributed by atoms with E-state index in [9.17, 15) is 4.79 Å². The summed E-state index contributed by atoms with van der Waals surface area (Å²) in [5, 5.41) is 8.45. The Morgan fingerprint density at radius 3 is 2.77 bits per heavy atom. The zero-order valence-electron chi connectivity index (χ0n) is 7.99.